The first-order valence-corrected chi connectivity index (χ1v) is 5.77. The highest BCUT2D eigenvalue weighted by atomic mass is 16.3. The lowest BCUT2D eigenvalue weighted by Crippen LogP contribution is -2.57. The Morgan fingerprint density at radius 1 is 1.76 bits per heavy atom. The summed E-state index contributed by atoms with van der Waals surface area (Å²) in [5.41, 5.74) is 0.904. The minimum absolute atomic E-state index is 0.0401. The van der Waals surface area contributed by atoms with Gasteiger partial charge in [-0.2, -0.15) is 0 Å². The van der Waals surface area contributed by atoms with Crippen molar-refractivity contribution in [3.8, 4) is 0 Å². The van der Waals surface area contributed by atoms with Gasteiger partial charge in [-0.25, -0.2) is 4.98 Å². The van der Waals surface area contributed by atoms with E-state index in [0.717, 1.165) is 24.5 Å². The number of carbonyl (C=O) groups excluding carboxylic acids is 1. The van der Waals surface area contributed by atoms with Crippen LogP contribution in [0.15, 0.2) is 10.8 Å². The fourth-order valence-electron chi connectivity index (χ4n) is 2.03. The van der Waals surface area contributed by atoms with Crippen LogP contribution in [0.25, 0.3) is 0 Å². The largest absolute Gasteiger partial charge is 0.448 e. The Balaban J connectivity index is 2.06. The van der Waals surface area contributed by atoms with E-state index in [-0.39, 0.29) is 11.9 Å². The van der Waals surface area contributed by atoms with Gasteiger partial charge in [-0.05, 0) is 6.92 Å². The molecule has 0 saturated carbocycles. The Kier molecular flexibility index (Phi) is 3.75. The Hall–Kier alpha value is -1.40. The molecule has 1 atom stereocenters. The summed E-state index contributed by atoms with van der Waals surface area (Å²) in [6, 6.07) is -0.134. The van der Waals surface area contributed by atoms with Gasteiger partial charge in [0.15, 0.2) is 6.39 Å². The van der Waals surface area contributed by atoms with Crippen molar-refractivity contribution < 1.29 is 9.21 Å². The first kappa shape index (κ1) is 12.1. The number of aryl methyl sites for hydroxylation is 1. The highest BCUT2D eigenvalue weighted by molar-refractivity contribution is 5.81. The second kappa shape index (κ2) is 5.29. The smallest absolute Gasteiger partial charge is 0.238 e. The summed E-state index contributed by atoms with van der Waals surface area (Å²) in [6.07, 6.45) is 1.45. The summed E-state index contributed by atoms with van der Waals surface area (Å²) in [6.45, 7) is 4.95. The monoisotopic (exact) mass is 238 g/mol. The number of likely N-dealkylation sites (N-methyl/N-ethyl adjacent to an activating group) is 1. The van der Waals surface area contributed by atoms with Gasteiger partial charge in [0, 0.05) is 33.2 Å². The number of carbonyl (C=O) groups is 1. The van der Waals surface area contributed by atoms with Crippen LogP contribution in [0.1, 0.15) is 11.5 Å². The van der Waals surface area contributed by atoms with E-state index >= 15 is 0 Å². The lowest BCUT2D eigenvalue weighted by molar-refractivity contribution is -0.126. The van der Waals surface area contributed by atoms with Crippen LogP contribution in [0.5, 0.6) is 0 Å². The quantitative estimate of drug-likeness (QED) is 0.743. The molecule has 94 valence electrons. The zero-order valence-electron chi connectivity index (χ0n) is 10.2. The van der Waals surface area contributed by atoms with Gasteiger partial charge in [0.05, 0.1) is 5.69 Å². The fourth-order valence-corrected chi connectivity index (χ4v) is 2.03. The van der Waals surface area contributed by atoms with E-state index in [1.165, 1.54) is 6.39 Å². The van der Waals surface area contributed by atoms with Crippen LogP contribution in [-0.4, -0.2) is 48.5 Å². The van der Waals surface area contributed by atoms with Crippen LogP contribution in [0.2, 0.25) is 0 Å². The number of hydrogen-bond acceptors (Lipinski definition) is 5. The number of oxazole rings is 1. The van der Waals surface area contributed by atoms with Gasteiger partial charge in [-0.15, -0.1) is 0 Å². The second-order valence-electron chi connectivity index (χ2n) is 4.16. The van der Waals surface area contributed by atoms with Crippen molar-refractivity contribution in [3.63, 3.8) is 0 Å². The van der Waals surface area contributed by atoms with Gasteiger partial charge in [0.1, 0.15) is 11.8 Å². The lowest BCUT2D eigenvalue weighted by atomic mass is 10.1. The molecule has 17 heavy (non-hydrogen) atoms. The third-order valence-electron chi connectivity index (χ3n) is 3.10. The van der Waals surface area contributed by atoms with Crippen molar-refractivity contribution in [2.75, 3.05) is 26.7 Å². The molecule has 0 radical (unpaired) electrons. The minimum Gasteiger partial charge on any atom is -0.448 e. The van der Waals surface area contributed by atoms with E-state index in [0.29, 0.717) is 13.1 Å². The molecule has 2 heterocycles. The zero-order chi connectivity index (χ0) is 12.3. The summed E-state index contributed by atoms with van der Waals surface area (Å²) >= 11 is 0. The molecule has 1 aromatic heterocycles. The number of aromatic nitrogens is 1. The summed E-state index contributed by atoms with van der Waals surface area (Å²) in [7, 11) is 1.66. The Morgan fingerprint density at radius 3 is 3.24 bits per heavy atom. The molecule has 1 saturated heterocycles. The minimum atomic E-state index is -0.134. The second-order valence-corrected chi connectivity index (χ2v) is 4.16. The Bertz CT molecular complexity index is 391. The van der Waals surface area contributed by atoms with E-state index in [4.69, 9.17) is 4.42 Å². The molecule has 0 bridgehead atoms. The lowest BCUT2D eigenvalue weighted by Gasteiger charge is -2.34. The molecular weight excluding hydrogens is 220 g/mol. The standard InChI is InChI=1S/C11H18N4O2/c1-8-9(14-7-17-8)6-15-4-3-13-5-10(15)11(16)12-2/h7,10,13H,3-6H2,1-2H3,(H,12,16). The SMILES string of the molecule is CNC(=O)C1CNCCN1Cc1ncoc1C. The normalized spacial score (nSPS) is 21.4. The van der Waals surface area contributed by atoms with Gasteiger partial charge in [-0.1, -0.05) is 0 Å². The molecule has 0 aliphatic carbocycles. The molecule has 1 aromatic rings. The van der Waals surface area contributed by atoms with E-state index in [1.807, 2.05) is 6.92 Å². The molecule has 2 rings (SSSR count). The molecule has 1 unspecified atom stereocenters. The van der Waals surface area contributed by atoms with E-state index < -0.39 is 0 Å². The molecule has 0 aromatic carbocycles. The topological polar surface area (TPSA) is 70.4 Å². The maximum absolute atomic E-state index is 11.8. The third-order valence-corrected chi connectivity index (χ3v) is 3.10. The molecule has 1 aliphatic heterocycles. The molecule has 2 N–H and O–H groups in total. The Labute approximate surface area is 100 Å². The summed E-state index contributed by atoms with van der Waals surface area (Å²) in [4.78, 5) is 18.0. The summed E-state index contributed by atoms with van der Waals surface area (Å²) < 4.78 is 5.17. The number of rotatable bonds is 3. The summed E-state index contributed by atoms with van der Waals surface area (Å²) in [5.74, 6) is 0.859. The molecular formula is C11H18N4O2. The van der Waals surface area contributed by atoms with Gasteiger partial charge in [-0.3, -0.25) is 9.69 Å². The third kappa shape index (κ3) is 2.65. The van der Waals surface area contributed by atoms with Crippen molar-refractivity contribution >= 4 is 5.91 Å². The number of nitrogens with one attached hydrogen (secondary N) is 2. The average Bonchev–Trinajstić information content (AvgIpc) is 2.75. The van der Waals surface area contributed by atoms with Crippen molar-refractivity contribution in [1.29, 1.82) is 0 Å². The van der Waals surface area contributed by atoms with E-state index in [9.17, 15) is 4.79 Å². The molecule has 1 aliphatic rings. The van der Waals surface area contributed by atoms with Crippen molar-refractivity contribution in [3.05, 3.63) is 17.8 Å². The van der Waals surface area contributed by atoms with Gasteiger partial charge in [0.2, 0.25) is 5.91 Å². The van der Waals surface area contributed by atoms with Gasteiger partial charge >= 0.3 is 0 Å². The number of amides is 1. The van der Waals surface area contributed by atoms with Gasteiger partial charge in [0.25, 0.3) is 0 Å². The molecule has 0 spiro atoms. The predicted octanol–water partition coefficient (Wildman–Crippen LogP) is -0.497. The molecule has 6 nitrogen and oxygen atoms in total. The first-order valence-electron chi connectivity index (χ1n) is 5.77. The van der Waals surface area contributed by atoms with Crippen LogP contribution in [0.3, 0.4) is 0 Å². The number of piperazine rings is 1. The van der Waals surface area contributed by atoms with Crippen LogP contribution in [0.4, 0.5) is 0 Å². The van der Waals surface area contributed by atoms with Crippen molar-refractivity contribution in [2.45, 2.75) is 19.5 Å². The average molecular weight is 238 g/mol. The maximum atomic E-state index is 11.8. The predicted molar refractivity (Wildman–Crippen MR) is 62.4 cm³/mol. The van der Waals surface area contributed by atoms with E-state index in [2.05, 4.69) is 20.5 Å². The maximum Gasteiger partial charge on any atom is 0.238 e. The van der Waals surface area contributed by atoms with Crippen molar-refractivity contribution in [2.24, 2.45) is 0 Å². The van der Waals surface area contributed by atoms with Crippen LogP contribution < -0.4 is 10.6 Å². The first-order chi connectivity index (χ1) is 8.22. The Morgan fingerprint density at radius 2 is 2.59 bits per heavy atom. The van der Waals surface area contributed by atoms with Crippen LogP contribution in [0, 0.1) is 6.92 Å². The summed E-state index contributed by atoms with van der Waals surface area (Å²) in [5, 5.41) is 5.92. The number of nitrogens with zero attached hydrogens (tertiary/aromatic N) is 2. The highest BCUT2D eigenvalue weighted by Gasteiger charge is 2.28. The fraction of sp³-hybridized carbons (Fsp3) is 0.636. The zero-order valence-corrected chi connectivity index (χ0v) is 10.2. The molecule has 6 heteroatoms. The molecule has 1 amide bonds. The van der Waals surface area contributed by atoms with Gasteiger partial charge < -0.3 is 15.1 Å². The highest BCUT2D eigenvalue weighted by Crippen LogP contribution is 2.12. The number of hydrogen-bond donors (Lipinski definition) is 2. The van der Waals surface area contributed by atoms with E-state index in [1.54, 1.807) is 7.05 Å². The van der Waals surface area contributed by atoms with Crippen LogP contribution in [-0.2, 0) is 11.3 Å². The molecule has 1 fully saturated rings. The van der Waals surface area contributed by atoms with Crippen molar-refractivity contribution in [1.82, 2.24) is 20.5 Å². The van der Waals surface area contributed by atoms with Crippen LogP contribution >= 0.6 is 0 Å².